The highest BCUT2D eigenvalue weighted by atomic mass is 32.2. The van der Waals surface area contributed by atoms with E-state index < -0.39 is 24.3 Å². The second-order valence-corrected chi connectivity index (χ2v) is 6.75. The number of thioether (sulfide) groups is 1. The van der Waals surface area contributed by atoms with Crippen LogP contribution in [0, 0.1) is 0 Å². The normalized spacial score (nSPS) is 13.0. The number of aromatic nitrogens is 2. The molecule has 0 aliphatic carbocycles. The summed E-state index contributed by atoms with van der Waals surface area (Å²) in [5.41, 5.74) is 1.33. The molecule has 8 nitrogen and oxygen atoms in total. The Hall–Kier alpha value is -3.46. The molecule has 0 saturated heterocycles. The molecule has 0 spiro atoms. The van der Waals surface area contributed by atoms with E-state index in [0.717, 1.165) is 15.4 Å². The van der Waals surface area contributed by atoms with Crippen LogP contribution in [0.5, 0.6) is 0 Å². The third kappa shape index (κ3) is 3.16. The molecule has 1 N–H and O–H groups in total. The molecule has 2 aromatic carbocycles. The lowest BCUT2D eigenvalue weighted by Crippen LogP contribution is -2.37. The van der Waals surface area contributed by atoms with Crippen LogP contribution in [0.3, 0.4) is 0 Å². The van der Waals surface area contributed by atoms with Crippen molar-refractivity contribution in [1.82, 2.24) is 15.1 Å². The van der Waals surface area contributed by atoms with Crippen LogP contribution in [0.25, 0.3) is 11.5 Å². The lowest BCUT2D eigenvalue weighted by Gasteiger charge is -2.12. The van der Waals surface area contributed by atoms with Crippen LogP contribution in [-0.4, -0.2) is 45.6 Å². The molecule has 1 aromatic heterocycles. The van der Waals surface area contributed by atoms with Crippen molar-refractivity contribution in [3.05, 3.63) is 59.7 Å². The van der Waals surface area contributed by atoms with E-state index in [4.69, 9.17) is 4.42 Å². The van der Waals surface area contributed by atoms with Crippen LogP contribution in [0.15, 0.2) is 57.8 Å². The van der Waals surface area contributed by atoms with Crippen molar-refractivity contribution in [2.75, 3.05) is 18.1 Å². The van der Waals surface area contributed by atoms with Crippen LogP contribution in [0.1, 0.15) is 20.7 Å². The number of anilines is 1. The van der Waals surface area contributed by atoms with Gasteiger partial charge in [-0.2, -0.15) is 0 Å². The van der Waals surface area contributed by atoms with E-state index in [1.807, 2.05) is 30.5 Å². The minimum Gasteiger partial charge on any atom is -0.403 e. The quantitative estimate of drug-likeness (QED) is 0.524. The molecule has 4 rings (SSSR count). The number of hydrogen-bond donors (Lipinski definition) is 1. The fraction of sp³-hybridized carbons (Fsp3) is 0.105. The van der Waals surface area contributed by atoms with Crippen molar-refractivity contribution in [3.8, 4) is 11.5 Å². The van der Waals surface area contributed by atoms with Crippen LogP contribution >= 0.6 is 11.8 Å². The molecule has 2 heterocycles. The molecule has 0 bridgehead atoms. The Labute approximate surface area is 163 Å². The molecule has 3 amide bonds. The lowest BCUT2D eigenvalue weighted by molar-refractivity contribution is -0.116. The van der Waals surface area contributed by atoms with Crippen molar-refractivity contribution >= 4 is 35.5 Å². The summed E-state index contributed by atoms with van der Waals surface area (Å²) in [5.74, 6) is -1.35. The molecule has 28 heavy (non-hydrogen) atoms. The molecule has 9 heteroatoms. The topological polar surface area (TPSA) is 105 Å². The third-order valence-electron chi connectivity index (χ3n) is 4.19. The Bertz CT molecular complexity index is 1060. The molecule has 3 aromatic rings. The molecule has 0 fully saturated rings. The Morgan fingerprint density at radius 2 is 1.61 bits per heavy atom. The second-order valence-electron chi connectivity index (χ2n) is 5.90. The van der Waals surface area contributed by atoms with E-state index in [1.54, 1.807) is 24.3 Å². The van der Waals surface area contributed by atoms with Crippen LogP contribution in [0.2, 0.25) is 0 Å². The standard InChI is InChI=1S/C19H14N4O4S/c1-28-14-9-5-4-8-13(14)16-21-22-19(27-16)20-15(24)10-23-17(25)11-6-2-3-7-12(11)18(23)26/h2-9H,10H2,1H3,(H,20,22,24). The summed E-state index contributed by atoms with van der Waals surface area (Å²) in [4.78, 5) is 38.8. The third-order valence-corrected chi connectivity index (χ3v) is 4.98. The lowest BCUT2D eigenvalue weighted by atomic mass is 10.1. The number of carbonyl (C=O) groups is 3. The smallest absolute Gasteiger partial charge is 0.322 e. The van der Waals surface area contributed by atoms with E-state index in [9.17, 15) is 14.4 Å². The number of nitrogens with zero attached hydrogens (tertiary/aromatic N) is 3. The van der Waals surface area contributed by atoms with Crippen molar-refractivity contribution < 1.29 is 18.8 Å². The minimum absolute atomic E-state index is 0.104. The van der Waals surface area contributed by atoms with Crippen molar-refractivity contribution in [2.45, 2.75) is 4.90 Å². The van der Waals surface area contributed by atoms with Gasteiger partial charge in [0.05, 0.1) is 16.7 Å². The summed E-state index contributed by atoms with van der Waals surface area (Å²) in [6.07, 6.45) is 1.93. The van der Waals surface area contributed by atoms with Gasteiger partial charge in [0.25, 0.3) is 17.7 Å². The molecular formula is C19H14N4O4S. The van der Waals surface area contributed by atoms with E-state index in [2.05, 4.69) is 15.5 Å². The zero-order chi connectivity index (χ0) is 19.7. The van der Waals surface area contributed by atoms with Gasteiger partial charge < -0.3 is 4.42 Å². The Kier molecular flexibility index (Phi) is 4.66. The van der Waals surface area contributed by atoms with Gasteiger partial charge in [0.2, 0.25) is 5.91 Å². The monoisotopic (exact) mass is 394 g/mol. The number of fused-ring (bicyclic) bond motifs is 1. The van der Waals surface area contributed by atoms with Crippen LogP contribution < -0.4 is 5.32 Å². The largest absolute Gasteiger partial charge is 0.403 e. The van der Waals surface area contributed by atoms with Gasteiger partial charge >= 0.3 is 6.01 Å². The van der Waals surface area contributed by atoms with E-state index in [0.29, 0.717) is 0 Å². The fourth-order valence-electron chi connectivity index (χ4n) is 2.89. The van der Waals surface area contributed by atoms with Crippen molar-refractivity contribution in [3.63, 3.8) is 0 Å². The molecule has 0 radical (unpaired) electrons. The molecule has 0 atom stereocenters. The highest BCUT2D eigenvalue weighted by Gasteiger charge is 2.36. The maximum Gasteiger partial charge on any atom is 0.322 e. The maximum absolute atomic E-state index is 12.3. The van der Waals surface area contributed by atoms with E-state index in [-0.39, 0.29) is 23.0 Å². The van der Waals surface area contributed by atoms with Gasteiger partial charge in [-0.05, 0) is 30.5 Å². The number of hydrogen-bond acceptors (Lipinski definition) is 7. The van der Waals surface area contributed by atoms with Gasteiger partial charge in [-0.25, -0.2) is 0 Å². The molecule has 140 valence electrons. The Morgan fingerprint density at radius 1 is 1.00 bits per heavy atom. The molecule has 1 aliphatic heterocycles. The van der Waals surface area contributed by atoms with Gasteiger partial charge in [0, 0.05) is 4.90 Å². The van der Waals surface area contributed by atoms with Crippen molar-refractivity contribution in [2.24, 2.45) is 0 Å². The number of benzene rings is 2. The average Bonchev–Trinajstić information content (AvgIpc) is 3.27. The van der Waals surface area contributed by atoms with Gasteiger partial charge in [0.1, 0.15) is 6.54 Å². The number of nitrogens with one attached hydrogen (secondary N) is 1. The first-order chi connectivity index (χ1) is 13.6. The van der Waals surface area contributed by atoms with E-state index in [1.165, 1.54) is 11.8 Å². The average molecular weight is 394 g/mol. The summed E-state index contributed by atoms with van der Waals surface area (Å²) < 4.78 is 5.51. The molecule has 0 unspecified atom stereocenters. The van der Waals surface area contributed by atoms with Crippen LogP contribution in [-0.2, 0) is 4.79 Å². The summed E-state index contributed by atoms with van der Waals surface area (Å²) >= 11 is 1.53. The zero-order valence-corrected chi connectivity index (χ0v) is 15.5. The summed E-state index contributed by atoms with van der Waals surface area (Å²) in [6, 6.07) is 13.8. The number of imide groups is 1. The number of carbonyl (C=O) groups excluding carboxylic acids is 3. The molecule has 0 saturated carbocycles. The highest BCUT2D eigenvalue weighted by molar-refractivity contribution is 7.98. The number of rotatable bonds is 5. The fourth-order valence-corrected chi connectivity index (χ4v) is 3.48. The van der Waals surface area contributed by atoms with Gasteiger partial charge in [0.15, 0.2) is 0 Å². The zero-order valence-electron chi connectivity index (χ0n) is 14.7. The Morgan fingerprint density at radius 3 is 2.25 bits per heavy atom. The predicted molar refractivity (Wildman–Crippen MR) is 102 cm³/mol. The van der Waals surface area contributed by atoms with Gasteiger partial charge in [-0.15, -0.1) is 16.9 Å². The first kappa shape index (κ1) is 17.9. The van der Waals surface area contributed by atoms with Gasteiger partial charge in [-0.1, -0.05) is 29.4 Å². The van der Waals surface area contributed by atoms with Gasteiger partial charge in [-0.3, -0.25) is 24.6 Å². The van der Waals surface area contributed by atoms with E-state index >= 15 is 0 Å². The van der Waals surface area contributed by atoms with Crippen LogP contribution in [0.4, 0.5) is 6.01 Å². The second kappa shape index (κ2) is 7.28. The maximum atomic E-state index is 12.3. The summed E-state index contributed by atoms with van der Waals surface area (Å²) in [7, 11) is 0. The van der Waals surface area contributed by atoms with Crippen molar-refractivity contribution in [1.29, 1.82) is 0 Å². The Balaban J connectivity index is 1.46. The molecule has 1 aliphatic rings. The predicted octanol–water partition coefficient (Wildman–Crippen LogP) is 2.69. The molecular weight excluding hydrogens is 380 g/mol. The summed E-state index contributed by atoms with van der Waals surface area (Å²) in [6.45, 7) is -0.439. The summed E-state index contributed by atoms with van der Waals surface area (Å²) in [5, 5.41) is 10.2. The first-order valence-electron chi connectivity index (χ1n) is 8.30. The first-order valence-corrected chi connectivity index (χ1v) is 9.53. The SMILES string of the molecule is CSc1ccccc1-c1nnc(NC(=O)CN2C(=O)c3ccccc3C2=O)o1. The highest BCUT2D eigenvalue weighted by Crippen LogP contribution is 2.29. The minimum atomic E-state index is -0.608. The number of amides is 3.